The van der Waals surface area contributed by atoms with E-state index in [4.69, 9.17) is 9.47 Å². The molecule has 2 aliphatic heterocycles. The highest BCUT2D eigenvalue weighted by atomic mass is 16.5. The Morgan fingerprint density at radius 1 is 1.62 bits per heavy atom. The number of aromatic nitrogens is 2. The zero-order valence-corrected chi connectivity index (χ0v) is 12.7. The van der Waals surface area contributed by atoms with Gasteiger partial charge >= 0.3 is 0 Å². The third kappa shape index (κ3) is 2.82. The van der Waals surface area contributed by atoms with Gasteiger partial charge < -0.3 is 14.4 Å². The molecule has 6 nitrogen and oxygen atoms in total. The summed E-state index contributed by atoms with van der Waals surface area (Å²) in [5, 5.41) is 4.28. The fourth-order valence-electron chi connectivity index (χ4n) is 3.36. The van der Waals surface area contributed by atoms with Crippen LogP contribution < -0.4 is 0 Å². The van der Waals surface area contributed by atoms with E-state index in [1.165, 1.54) is 0 Å². The van der Waals surface area contributed by atoms with Crippen LogP contribution in [0.15, 0.2) is 12.3 Å². The van der Waals surface area contributed by atoms with Gasteiger partial charge in [-0.15, -0.1) is 0 Å². The molecular weight excluding hydrogens is 270 g/mol. The Bertz CT molecular complexity index is 516. The van der Waals surface area contributed by atoms with E-state index < -0.39 is 0 Å². The Hall–Kier alpha value is -1.40. The molecule has 2 fully saturated rings. The normalized spacial score (nSPS) is 28.1. The summed E-state index contributed by atoms with van der Waals surface area (Å²) in [6.45, 7) is 6.34. The van der Waals surface area contributed by atoms with Crippen molar-refractivity contribution in [2.24, 2.45) is 18.4 Å². The number of amides is 1. The van der Waals surface area contributed by atoms with Crippen LogP contribution in [0.2, 0.25) is 0 Å². The summed E-state index contributed by atoms with van der Waals surface area (Å²) in [6, 6.07) is 1.90. The van der Waals surface area contributed by atoms with Gasteiger partial charge in [-0.05, 0) is 13.0 Å². The van der Waals surface area contributed by atoms with Gasteiger partial charge in [0.15, 0.2) is 0 Å². The summed E-state index contributed by atoms with van der Waals surface area (Å²) in [5.74, 6) is 0.552. The van der Waals surface area contributed by atoms with Crippen LogP contribution in [-0.4, -0.2) is 60.1 Å². The van der Waals surface area contributed by atoms with Crippen molar-refractivity contribution in [2.45, 2.75) is 13.3 Å². The van der Waals surface area contributed by atoms with Crippen molar-refractivity contribution >= 4 is 5.91 Å². The zero-order valence-electron chi connectivity index (χ0n) is 12.7. The third-order valence-electron chi connectivity index (χ3n) is 4.57. The van der Waals surface area contributed by atoms with Crippen LogP contribution in [0.4, 0.5) is 0 Å². The molecule has 0 unspecified atom stereocenters. The maximum absolute atomic E-state index is 12.5. The highest BCUT2D eigenvalue weighted by Gasteiger charge is 2.51. The molecular formula is C15H23N3O3. The maximum atomic E-state index is 12.5. The van der Waals surface area contributed by atoms with Gasteiger partial charge in [0, 0.05) is 44.3 Å². The molecule has 1 aromatic rings. The van der Waals surface area contributed by atoms with E-state index in [-0.39, 0.29) is 11.3 Å². The average molecular weight is 293 g/mol. The first-order chi connectivity index (χ1) is 10.1. The quantitative estimate of drug-likeness (QED) is 0.792. The molecule has 0 aromatic carbocycles. The predicted molar refractivity (Wildman–Crippen MR) is 76.7 cm³/mol. The van der Waals surface area contributed by atoms with E-state index in [0.717, 1.165) is 25.4 Å². The summed E-state index contributed by atoms with van der Waals surface area (Å²) >= 11 is 0. The standard InChI is InChI=1S/C15H23N3O3/c1-3-20-10-15-9-18(7-12(15)8-21-11-15)14(19)6-13-4-5-17(2)16-13/h4-5,12H,3,6-11H2,1-2H3/t12-,15-/m1/s1. The molecule has 2 atom stereocenters. The number of rotatable bonds is 5. The zero-order chi connectivity index (χ0) is 14.9. The molecule has 2 aliphatic rings. The van der Waals surface area contributed by atoms with Gasteiger partial charge in [-0.3, -0.25) is 9.48 Å². The molecule has 0 bridgehead atoms. The minimum absolute atomic E-state index is 0.00418. The highest BCUT2D eigenvalue weighted by Crippen LogP contribution is 2.41. The van der Waals surface area contributed by atoms with Crippen molar-refractivity contribution in [1.82, 2.24) is 14.7 Å². The summed E-state index contributed by atoms with van der Waals surface area (Å²) in [4.78, 5) is 14.4. The number of fused-ring (bicyclic) bond motifs is 1. The van der Waals surface area contributed by atoms with E-state index in [0.29, 0.717) is 32.2 Å². The number of nitrogens with zero attached hydrogens (tertiary/aromatic N) is 3. The number of carbonyl (C=O) groups excluding carboxylic acids is 1. The van der Waals surface area contributed by atoms with Gasteiger partial charge in [-0.2, -0.15) is 5.10 Å². The summed E-state index contributed by atoms with van der Waals surface area (Å²) in [6.07, 6.45) is 2.24. The first-order valence-corrected chi connectivity index (χ1v) is 7.55. The Kier molecular flexibility index (Phi) is 3.99. The topological polar surface area (TPSA) is 56.6 Å². The molecule has 0 aliphatic carbocycles. The molecule has 6 heteroatoms. The molecule has 3 rings (SSSR count). The SMILES string of the molecule is CCOC[C@]12COC[C@H]1CN(C(=O)Cc1ccn(C)n1)C2. The first-order valence-electron chi connectivity index (χ1n) is 7.55. The van der Waals surface area contributed by atoms with Crippen molar-refractivity contribution in [3.8, 4) is 0 Å². The van der Waals surface area contributed by atoms with E-state index in [2.05, 4.69) is 5.10 Å². The lowest BCUT2D eigenvalue weighted by molar-refractivity contribution is -0.130. The van der Waals surface area contributed by atoms with Crippen molar-refractivity contribution in [3.63, 3.8) is 0 Å². The lowest BCUT2D eigenvalue weighted by Crippen LogP contribution is -2.37. The molecule has 0 radical (unpaired) electrons. The first kappa shape index (κ1) is 14.5. The second-order valence-corrected chi connectivity index (χ2v) is 6.14. The van der Waals surface area contributed by atoms with Gasteiger partial charge in [0.2, 0.25) is 5.91 Å². The van der Waals surface area contributed by atoms with Crippen LogP contribution in [0, 0.1) is 11.3 Å². The summed E-state index contributed by atoms with van der Waals surface area (Å²) in [7, 11) is 1.86. The van der Waals surface area contributed by atoms with Crippen molar-refractivity contribution in [1.29, 1.82) is 0 Å². The van der Waals surface area contributed by atoms with Crippen molar-refractivity contribution in [3.05, 3.63) is 18.0 Å². The lowest BCUT2D eigenvalue weighted by atomic mass is 9.82. The molecule has 1 amide bonds. The van der Waals surface area contributed by atoms with E-state index in [1.807, 2.05) is 31.1 Å². The Morgan fingerprint density at radius 2 is 2.48 bits per heavy atom. The van der Waals surface area contributed by atoms with Gasteiger partial charge in [0.25, 0.3) is 0 Å². The van der Waals surface area contributed by atoms with Gasteiger partial charge in [0.05, 0.1) is 31.9 Å². The molecule has 116 valence electrons. The second-order valence-electron chi connectivity index (χ2n) is 6.14. The summed E-state index contributed by atoms with van der Waals surface area (Å²) in [5.41, 5.74) is 0.824. The molecule has 1 aromatic heterocycles. The van der Waals surface area contributed by atoms with Crippen molar-refractivity contribution in [2.75, 3.05) is 39.5 Å². The van der Waals surface area contributed by atoms with E-state index in [9.17, 15) is 4.79 Å². The molecule has 0 N–H and O–H groups in total. The lowest BCUT2D eigenvalue weighted by Gasteiger charge is -2.26. The monoisotopic (exact) mass is 293 g/mol. The van der Waals surface area contributed by atoms with Crippen LogP contribution in [0.25, 0.3) is 0 Å². The Morgan fingerprint density at radius 3 is 3.19 bits per heavy atom. The fraction of sp³-hybridized carbons (Fsp3) is 0.733. The number of aryl methyl sites for hydroxylation is 1. The molecule has 0 saturated carbocycles. The molecule has 21 heavy (non-hydrogen) atoms. The minimum Gasteiger partial charge on any atom is -0.381 e. The van der Waals surface area contributed by atoms with Crippen LogP contribution >= 0.6 is 0 Å². The predicted octanol–water partition coefficient (Wildman–Crippen LogP) is 0.474. The van der Waals surface area contributed by atoms with Crippen LogP contribution in [-0.2, 0) is 27.7 Å². The number of likely N-dealkylation sites (tertiary alicyclic amines) is 1. The minimum atomic E-state index is -0.00418. The van der Waals surface area contributed by atoms with Crippen LogP contribution in [0.1, 0.15) is 12.6 Å². The largest absolute Gasteiger partial charge is 0.381 e. The number of hydrogen-bond donors (Lipinski definition) is 0. The average Bonchev–Trinajstić information content (AvgIpc) is 3.10. The smallest absolute Gasteiger partial charge is 0.228 e. The van der Waals surface area contributed by atoms with Crippen molar-refractivity contribution < 1.29 is 14.3 Å². The number of carbonyl (C=O) groups is 1. The third-order valence-corrected chi connectivity index (χ3v) is 4.57. The van der Waals surface area contributed by atoms with E-state index in [1.54, 1.807) is 4.68 Å². The molecule has 3 heterocycles. The second kappa shape index (κ2) is 5.77. The molecule has 2 saturated heterocycles. The summed E-state index contributed by atoms with van der Waals surface area (Å²) < 4.78 is 13.0. The fourth-order valence-corrected chi connectivity index (χ4v) is 3.36. The van der Waals surface area contributed by atoms with Crippen LogP contribution in [0.5, 0.6) is 0 Å². The van der Waals surface area contributed by atoms with Crippen LogP contribution in [0.3, 0.4) is 0 Å². The van der Waals surface area contributed by atoms with Gasteiger partial charge in [-0.1, -0.05) is 0 Å². The Balaban J connectivity index is 1.64. The number of ether oxygens (including phenoxy) is 2. The molecule has 0 spiro atoms. The van der Waals surface area contributed by atoms with Gasteiger partial charge in [0.1, 0.15) is 0 Å². The highest BCUT2D eigenvalue weighted by molar-refractivity contribution is 5.78. The maximum Gasteiger partial charge on any atom is 0.228 e. The van der Waals surface area contributed by atoms with E-state index >= 15 is 0 Å². The Labute approximate surface area is 125 Å². The van der Waals surface area contributed by atoms with Gasteiger partial charge in [-0.25, -0.2) is 0 Å². The number of hydrogen-bond acceptors (Lipinski definition) is 4.